The maximum Gasteiger partial charge on any atom is 0.230 e. The Kier molecular flexibility index (Phi) is 5.08. The predicted molar refractivity (Wildman–Crippen MR) is 95.1 cm³/mol. The van der Waals surface area contributed by atoms with Crippen LogP contribution in [0.4, 0.5) is 5.13 Å². The molecule has 1 unspecified atom stereocenters. The summed E-state index contributed by atoms with van der Waals surface area (Å²) >= 11 is 1.59. The van der Waals surface area contributed by atoms with Crippen molar-refractivity contribution >= 4 is 22.4 Å². The minimum atomic E-state index is 0.0634. The van der Waals surface area contributed by atoms with Crippen molar-refractivity contribution in [2.45, 2.75) is 33.1 Å². The number of carbonyl (C=O) groups is 1. The van der Waals surface area contributed by atoms with Gasteiger partial charge in [-0.25, -0.2) is 4.98 Å². The lowest BCUT2D eigenvalue weighted by molar-refractivity contribution is -0.120. The Morgan fingerprint density at radius 2 is 2.13 bits per heavy atom. The van der Waals surface area contributed by atoms with Gasteiger partial charge in [0, 0.05) is 17.8 Å². The smallest absolute Gasteiger partial charge is 0.230 e. The van der Waals surface area contributed by atoms with E-state index in [1.165, 1.54) is 16.0 Å². The van der Waals surface area contributed by atoms with Gasteiger partial charge in [-0.3, -0.25) is 4.79 Å². The molecule has 0 radical (unpaired) electrons. The highest BCUT2D eigenvalue weighted by Crippen LogP contribution is 2.26. The number of hydrogen-bond donors (Lipinski definition) is 2. The van der Waals surface area contributed by atoms with E-state index < -0.39 is 0 Å². The van der Waals surface area contributed by atoms with Crippen molar-refractivity contribution in [1.29, 1.82) is 0 Å². The molecule has 1 aromatic heterocycles. The Labute approximate surface area is 141 Å². The number of aryl methyl sites for hydroxylation is 2. The fraction of sp³-hybridized carbons (Fsp3) is 0.444. The zero-order valence-electron chi connectivity index (χ0n) is 13.7. The summed E-state index contributed by atoms with van der Waals surface area (Å²) in [5, 5.41) is 7.00. The molecular weight excluding hydrogens is 306 g/mol. The number of benzene rings is 1. The van der Waals surface area contributed by atoms with E-state index in [2.05, 4.69) is 46.8 Å². The summed E-state index contributed by atoms with van der Waals surface area (Å²) in [6.07, 6.45) is 2.89. The molecule has 1 aromatic carbocycles. The predicted octanol–water partition coefficient (Wildman–Crippen LogP) is 3.29. The highest BCUT2D eigenvalue weighted by Gasteiger charge is 2.22. The van der Waals surface area contributed by atoms with Crippen molar-refractivity contribution in [1.82, 2.24) is 10.3 Å². The number of nitrogens with one attached hydrogen (secondary N) is 2. The number of hydrogen-bond acceptors (Lipinski definition) is 4. The number of carbonyl (C=O) groups excluding carboxylic acids is 1. The molecule has 2 aromatic rings. The van der Waals surface area contributed by atoms with Crippen LogP contribution >= 0.6 is 11.3 Å². The molecule has 0 spiro atoms. The van der Waals surface area contributed by atoms with E-state index in [4.69, 9.17) is 0 Å². The number of nitrogens with zero attached hydrogens (tertiary/aromatic N) is 1. The van der Waals surface area contributed by atoms with E-state index in [1.54, 1.807) is 11.3 Å². The van der Waals surface area contributed by atoms with E-state index in [9.17, 15) is 4.79 Å². The summed E-state index contributed by atoms with van der Waals surface area (Å²) in [6, 6.07) is 8.57. The molecule has 0 bridgehead atoms. The number of aromatic nitrogens is 1. The maximum absolute atomic E-state index is 12.3. The van der Waals surface area contributed by atoms with Crippen LogP contribution in [-0.4, -0.2) is 24.0 Å². The van der Waals surface area contributed by atoms with Gasteiger partial charge in [0.05, 0.1) is 11.6 Å². The number of thiazole rings is 1. The molecule has 1 amide bonds. The second-order valence-electron chi connectivity index (χ2n) is 6.22. The SMILES string of the molecule is Cc1ccc(Cc2sc(NC(=O)C3CCCNC3)nc2C)cc1. The number of anilines is 1. The molecule has 5 heteroatoms. The lowest BCUT2D eigenvalue weighted by Gasteiger charge is -2.21. The van der Waals surface area contributed by atoms with Crippen molar-refractivity contribution in [3.8, 4) is 0 Å². The van der Waals surface area contributed by atoms with Crippen molar-refractivity contribution in [3.05, 3.63) is 46.0 Å². The molecule has 3 rings (SSSR count). The summed E-state index contributed by atoms with van der Waals surface area (Å²) in [7, 11) is 0. The summed E-state index contributed by atoms with van der Waals surface area (Å²) in [5.74, 6) is 0.154. The minimum absolute atomic E-state index is 0.0634. The summed E-state index contributed by atoms with van der Waals surface area (Å²) in [6.45, 7) is 5.89. The normalized spacial score (nSPS) is 17.9. The van der Waals surface area contributed by atoms with Gasteiger partial charge >= 0.3 is 0 Å². The zero-order chi connectivity index (χ0) is 16.2. The van der Waals surface area contributed by atoms with Gasteiger partial charge in [0.1, 0.15) is 0 Å². The first-order valence-electron chi connectivity index (χ1n) is 8.15. The average Bonchev–Trinajstić information content (AvgIpc) is 2.90. The second-order valence-corrected chi connectivity index (χ2v) is 7.31. The fourth-order valence-corrected chi connectivity index (χ4v) is 3.82. The molecule has 1 saturated heterocycles. The van der Waals surface area contributed by atoms with Crippen molar-refractivity contribution in [3.63, 3.8) is 0 Å². The molecule has 2 N–H and O–H groups in total. The van der Waals surface area contributed by atoms with Crippen LogP contribution in [0.2, 0.25) is 0 Å². The number of rotatable bonds is 4. The lowest BCUT2D eigenvalue weighted by atomic mass is 9.99. The van der Waals surface area contributed by atoms with Gasteiger partial charge in [-0.05, 0) is 38.8 Å². The molecule has 1 aliphatic heterocycles. The quantitative estimate of drug-likeness (QED) is 0.905. The lowest BCUT2D eigenvalue weighted by Crippen LogP contribution is -2.37. The Morgan fingerprint density at radius 1 is 1.35 bits per heavy atom. The summed E-state index contributed by atoms with van der Waals surface area (Å²) in [5.41, 5.74) is 3.55. The molecule has 4 nitrogen and oxygen atoms in total. The molecule has 0 saturated carbocycles. The Balaban J connectivity index is 1.65. The van der Waals surface area contributed by atoms with E-state index in [0.29, 0.717) is 0 Å². The first-order valence-corrected chi connectivity index (χ1v) is 8.97. The topological polar surface area (TPSA) is 54.0 Å². The summed E-state index contributed by atoms with van der Waals surface area (Å²) in [4.78, 5) is 18.0. The van der Waals surface area contributed by atoms with E-state index in [1.807, 2.05) is 6.92 Å². The average molecular weight is 329 g/mol. The largest absolute Gasteiger partial charge is 0.316 e. The maximum atomic E-state index is 12.3. The molecule has 0 aliphatic carbocycles. The van der Waals surface area contributed by atoms with Crippen molar-refractivity contribution < 1.29 is 4.79 Å². The Hall–Kier alpha value is -1.72. The summed E-state index contributed by atoms with van der Waals surface area (Å²) < 4.78 is 0. The molecule has 23 heavy (non-hydrogen) atoms. The van der Waals surface area contributed by atoms with Gasteiger partial charge in [0.25, 0.3) is 0 Å². The molecule has 122 valence electrons. The van der Waals surface area contributed by atoms with Gasteiger partial charge in [-0.15, -0.1) is 11.3 Å². The Morgan fingerprint density at radius 3 is 2.83 bits per heavy atom. The van der Waals surface area contributed by atoms with Gasteiger partial charge in [0.15, 0.2) is 5.13 Å². The molecule has 1 atom stereocenters. The van der Waals surface area contributed by atoms with Gasteiger partial charge in [0.2, 0.25) is 5.91 Å². The van der Waals surface area contributed by atoms with Gasteiger partial charge in [-0.1, -0.05) is 29.8 Å². The highest BCUT2D eigenvalue weighted by atomic mass is 32.1. The van der Waals surface area contributed by atoms with E-state index in [0.717, 1.165) is 43.2 Å². The number of amides is 1. The highest BCUT2D eigenvalue weighted by molar-refractivity contribution is 7.15. The monoisotopic (exact) mass is 329 g/mol. The van der Waals surface area contributed by atoms with Crippen molar-refractivity contribution in [2.75, 3.05) is 18.4 Å². The fourth-order valence-electron chi connectivity index (χ4n) is 2.82. The molecular formula is C18H23N3OS. The van der Waals surface area contributed by atoms with Crippen LogP contribution in [0.5, 0.6) is 0 Å². The Bertz CT molecular complexity index is 672. The molecule has 1 fully saturated rings. The second kappa shape index (κ2) is 7.23. The van der Waals surface area contributed by atoms with Crippen LogP contribution in [0.15, 0.2) is 24.3 Å². The third-order valence-corrected chi connectivity index (χ3v) is 5.35. The van der Waals surface area contributed by atoms with Crippen LogP contribution in [0.1, 0.15) is 34.5 Å². The zero-order valence-corrected chi connectivity index (χ0v) is 14.5. The van der Waals surface area contributed by atoms with Crippen LogP contribution in [0.25, 0.3) is 0 Å². The molecule has 1 aliphatic rings. The van der Waals surface area contributed by atoms with E-state index in [-0.39, 0.29) is 11.8 Å². The molecule has 2 heterocycles. The van der Waals surface area contributed by atoms with Gasteiger partial charge < -0.3 is 10.6 Å². The van der Waals surface area contributed by atoms with Crippen LogP contribution in [-0.2, 0) is 11.2 Å². The van der Waals surface area contributed by atoms with Crippen LogP contribution < -0.4 is 10.6 Å². The van der Waals surface area contributed by atoms with Crippen LogP contribution in [0.3, 0.4) is 0 Å². The van der Waals surface area contributed by atoms with Crippen molar-refractivity contribution in [2.24, 2.45) is 5.92 Å². The van der Waals surface area contributed by atoms with Crippen LogP contribution in [0, 0.1) is 19.8 Å². The number of piperidine rings is 1. The standard InChI is InChI=1S/C18H23N3OS/c1-12-5-7-14(8-6-12)10-16-13(2)20-18(23-16)21-17(22)15-4-3-9-19-11-15/h5-8,15,19H,3-4,9-11H2,1-2H3,(H,20,21,22). The first kappa shape index (κ1) is 16.1. The first-order chi connectivity index (χ1) is 11.1. The minimum Gasteiger partial charge on any atom is -0.316 e. The van der Waals surface area contributed by atoms with Gasteiger partial charge in [-0.2, -0.15) is 0 Å². The third-order valence-electron chi connectivity index (χ3n) is 4.28. The van der Waals surface area contributed by atoms with E-state index >= 15 is 0 Å². The third kappa shape index (κ3) is 4.18.